The minimum absolute atomic E-state index is 0.0118. The average Bonchev–Trinajstić information content (AvgIpc) is 2.72. The number of nitriles is 1. The number of benzene rings is 2. The molecule has 0 spiro atoms. The van der Waals surface area contributed by atoms with Gasteiger partial charge in [-0.05, 0) is 35.9 Å². The third kappa shape index (κ3) is 3.74. The second-order valence-corrected chi connectivity index (χ2v) is 7.46. The summed E-state index contributed by atoms with van der Waals surface area (Å²) in [5.41, 5.74) is 4.88. The molecule has 3 aromatic rings. The molecule has 0 aliphatic carbocycles. The largest absolute Gasteiger partial charge is 0.380 e. The molecule has 0 radical (unpaired) electrons. The number of pyridine rings is 1. The van der Waals surface area contributed by atoms with E-state index in [9.17, 15) is 14.4 Å². The number of hydrogen-bond donors (Lipinski definition) is 1. The molecule has 2 aromatic carbocycles. The number of carbonyl (C=O) groups excluding carboxylic acids is 1. The predicted octanol–water partition coefficient (Wildman–Crippen LogP) is 4.42. The summed E-state index contributed by atoms with van der Waals surface area (Å²) in [4.78, 5) is 18.5. The van der Waals surface area contributed by atoms with E-state index in [2.05, 4.69) is 11.4 Å². The van der Waals surface area contributed by atoms with E-state index in [1.807, 2.05) is 6.07 Å². The Labute approximate surface area is 172 Å². The lowest BCUT2D eigenvalue weighted by atomic mass is 9.98. The fraction of sp³-hybridized carbons (Fsp3) is 0.227. The number of amides is 1. The molecular formula is C22H18ClFN4O. The SMILES string of the molecule is CC(=O)N1CCc2nc3ccc(C#N)cc3c(NCc3ccc(F)c(Cl)c3)c2C1. The molecule has 29 heavy (non-hydrogen) atoms. The smallest absolute Gasteiger partial charge is 0.219 e. The van der Waals surface area contributed by atoms with E-state index >= 15 is 0 Å². The van der Waals surface area contributed by atoms with Crippen molar-refractivity contribution >= 4 is 34.1 Å². The first-order valence-electron chi connectivity index (χ1n) is 9.25. The summed E-state index contributed by atoms with van der Waals surface area (Å²) in [5, 5.41) is 13.6. The Morgan fingerprint density at radius 3 is 2.90 bits per heavy atom. The first kappa shape index (κ1) is 19.2. The van der Waals surface area contributed by atoms with E-state index in [-0.39, 0.29) is 10.9 Å². The summed E-state index contributed by atoms with van der Waals surface area (Å²) in [7, 11) is 0. The lowest BCUT2D eigenvalue weighted by molar-refractivity contribution is -0.129. The Morgan fingerprint density at radius 1 is 1.34 bits per heavy atom. The number of aromatic nitrogens is 1. The van der Waals surface area contributed by atoms with Crippen molar-refractivity contribution in [2.75, 3.05) is 11.9 Å². The van der Waals surface area contributed by atoms with Crippen molar-refractivity contribution in [2.24, 2.45) is 0 Å². The second kappa shape index (κ2) is 7.69. The van der Waals surface area contributed by atoms with Crippen LogP contribution in [0.1, 0.15) is 29.3 Å². The van der Waals surface area contributed by atoms with E-state index in [0.29, 0.717) is 31.6 Å². The Balaban J connectivity index is 1.80. The van der Waals surface area contributed by atoms with Crippen LogP contribution in [0.15, 0.2) is 36.4 Å². The average molecular weight is 409 g/mol. The second-order valence-electron chi connectivity index (χ2n) is 7.05. The maximum atomic E-state index is 13.5. The van der Waals surface area contributed by atoms with E-state index in [0.717, 1.165) is 33.4 Å². The molecule has 0 saturated heterocycles. The van der Waals surface area contributed by atoms with Gasteiger partial charge in [-0.25, -0.2) is 4.39 Å². The monoisotopic (exact) mass is 408 g/mol. The van der Waals surface area contributed by atoms with E-state index in [1.165, 1.54) is 6.07 Å². The van der Waals surface area contributed by atoms with Crippen molar-refractivity contribution in [3.63, 3.8) is 0 Å². The van der Waals surface area contributed by atoms with Crippen LogP contribution in [0.4, 0.5) is 10.1 Å². The molecule has 0 saturated carbocycles. The van der Waals surface area contributed by atoms with Gasteiger partial charge in [0.2, 0.25) is 5.91 Å². The van der Waals surface area contributed by atoms with Gasteiger partial charge in [-0.2, -0.15) is 5.26 Å². The number of nitrogens with zero attached hydrogens (tertiary/aromatic N) is 3. The number of nitrogens with one attached hydrogen (secondary N) is 1. The van der Waals surface area contributed by atoms with Gasteiger partial charge in [0.25, 0.3) is 0 Å². The van der Waals surface area contributed by atoms with Crippen molar-refractivity contribution in [1.29, 1.82) is 5.26 Å². The summed E-state index contributed by atoms with van der Waals surface area (Å²) < 4.78 is 13.5. The molecule has 0 atom stereocenters. The first-order chi connectivity index (χ1) is 14.0. The molecule has 146 valence electrons. The predicted molar refractivity (Wildman–Crippen MR) is 110 cm³/mol. The maximum Gasteiger partial charge on any atom is 0.219 e. The van der Waals surface area contributed by atoms with Crippen molar-refractivity contribution in [3.8, 4) is 6.07 Å². The van der Waals surface area contributed by atoms with Crippen molar-refractivity contribution < 1.29 is 9.18 Å². The standard InChI is InChI=1S/C22H18ClFN4O/c1-13(29)28-7-6-21-17(12-28)22(16-8-14(10-25)3-5-20(16)27-21)26-11-15-2-4-19(24)18(23)9-15/h2-5,8-9H,6-7,11-12H2,1H3,(H,26,27). The van der Waals surface area contributed by atoms with Gasteiger partial charge in [0.1, 0.15) is 5.82 Å². The highest BCUT2D eigenvalue weighted by molar-refractivity contribution is 6.30. The van der Waals surface area contributed by atoms with Crippen LogP contribution in [-0.4, -0.2) is 22.3 Å². The molecule has 7 heteroatoms. The first-order valence-corrected chi connectivity index (χ1v) is 9.63. The fourth-order valence-electron chi connectivity index (χ4n) is 3.62. The summed E-state index contributed by atoms with van der Waals surface area (Å²) in [6, 6.07) is 12.1. The highest BCUT2D eigenvalue weighted by Crippen LogP contribution is 2.33. The summed E-state index contributed by atoms with van der Waals surface area (Å²) in [6.07, 6.45) is 0.669. The zero-order chi connectivity index (χ0) is 20.5. The van der Waals surface area contributed by atoms with Crippen molar-refractivity contribution in [3.05, 3.63) is 69.6 Å². The van der Waals surface area contributed by atoms with Gasteiger partial charge in [-0.15, -0.1) is 0 Å². The fourth-order valence-corrected chi connectivity index (χ4v) is 3.82. The number of anilines is 1. The maximum absolute atomic E-state index is 13.5. The molecule has 4 rings (SSSR count). The molecule has 1 aliphatic rings. The molecule has 1 aromatic heterocycles. The Bertz CT molecular complexity index is 1170. The van der Waals surface area contributed by atoms with Gasteiger partial charge in [-0.1, -0.05) is 17.7 Å². The Morgan fingerprint density at radius 2 is 2.17 bits per heavy atom. The third-order valence-corrected chi connectivity index (χ3v) is 5.46. The van der Waals surface area contributed by atoms with E-state index in [4.69, 9.17) is 16.6 Å². The molecule has 1 amide bonds. The van der Waals surface area contributed by atoms with Crippen molar-refractivity contribution in [1.82, 2.24) is 9.88 Å². The third-order valence-electron chi connectivity index (χ3n) is 5.17. The Kier molecular flexibility index (Phi) is 5.08. The van der Waals surface area contributed by atoms with Gasteiger partial charge in [0.05, 0.1) is 27.9 Å². The van der Waals surface area contributed by atoms with Crippen LogP contribution in [0.2, 0.25) is 5.02 Å². The molecule has 2 heterocycles. The highest BCUT2D eigenvalue weighted by Gasteiger charge is 2.24. The number of hydrogen-bond acceptors (Lipinski definition) is 4. The lowest BCUT2D eigenvalue weighted by Gasteiger charge is -2.30. The van der Waals surface area contributed by atoms with Gasteiger partial charge in [0.15, 0.2) is 0 Å². The minimum atomic E-state index is -0.460. The molecule has 5 nitrogen and oxygen atoms in total. The van der Waals surface area contributed by atoms with Crippen LogP contribution in [0, 0.1) is 17.1 Å². The van der Waals surface area contributed by atoms with Crippen molar-refractivity contribution in [2.45, 2.75) is 26.4 Å². The zero-order valence-corrected chi connectivity index (χ0v) is 16.6. The van der Waals surface area contributed by atoms with Crippen LogP contribution >= 0.6 is 11.6 Å². The quantitative estimate of drug-likeness (QED) is 0.696. The number of rotatable bonds is 3. The van der Waals surface area contributed by atoms with Gasteiger partial charge < -0.3 is 10.2 Å². The highest BCUT2D eigenvalue weighted by atomic mass is 35.5. The van der Waals surface area contributed by atoms with Crippen LogP contribution in [0.3, 0.4) is 0 Å². The Hall–Kier alpha value is -3.17. The summed E-state index contributed by atoms with van der Waals surface area (Å²) in [5.74, 6) is -0.448. The minimum Gasteiger partial charge on any atom is -0.380 e. The number of carbonyl (C=O) groups is 1. The van der Waals surface area contributed by atoms with Crippen LogP contribution in [-0.2, 0) is 24.3 Å². The van der Waals surface area contributed by atoms with Crippen LogP contribution < -0.4 is 5.32 Å². The molecule has 0 unspecified atom stereocenters. The van der Waals surface area contributed by atoms with Gasteiger partial charge in [-0.3, -0.25) is 9.78 Å². The number of halogens is 2. The topological polar surface area (TPSA) is 69.0 Å². The molecule has 0 bridgehead atoms. The van der Waals surface area contributed by atoms with Gasteiger partial charge >= 0.3 is 0 Å². The zero-order valence-electron chi connectivity index (χ0n) is 15.8. The normalized spacial score (nSPS) is 13.1. The molecule has 1 N–H and O–H groups in total. The molecule has 1 aliphatic heterocycles. The molecular weight excluding hydrogens is 391 g/mol. The van der Waals surface area contributed by atoms with Crippen LogP contribution in [0.5, 0.6) is 0 Å². The van der Waals surface area contributed by atoms with Crippen LogP contribution in [0.25, 0.3) is 10.9 Å². The van der Waals surface area contributed by atoms with E-state index < -0.39 is 5.82 Å². The number of fused-ring (bicyclic) bond motifs is 2. The van der Waals surface area contributed by atoms with Gasteiger partial charge in [0, 0.05) is 49.6 Å². The lowest BCUT2D eigenvalue weighted by Crippen LogP contribution is -2.35. The van der Waals surface area contributed by atoms with E-state index in [1.54, 1.807) is 36.1 Å². The molecule has 0 fully saturated rings. The summed E-state index contributed by atoms with van der Waals surface area (Å²) >= 11 is 5.91. The summed E-state index contributed by atoms with van der Waals surface area (Å²) in [6.45, 7) is 3.06.